The normalized spacial score (nSPS) is 20.9. The Morgan fingerprint density at radius 3 is 2.54 bits per heavy atom. The summed E-state index contributed by atoms with van der Waals surface area (Å²) >= 11 is 0. The van der Waals surface area contributed by atoms with Crippen molar-refractivity contribution in [3.63, 3.8) is 0 Å². The van der Waals surface area contributed by atoms with Gasteiger partial charge >= 0.3 is 0 Å². The molecule has 1 fully saturated rings. The van der Waals surface area contributed by atoms with Gasteiger partial charge in [0.05, 0.1) is 18.8 Å². The number of methoxy groups -OCH3 is 1. The minimum Gasteiger partial charge on any atom is -0.414 e. The summed E-state index contributed by atoms with van der Waals surface area (Å²) in [5.41, 5.74) is 1.29. The zero-order valence-electron chi connectivity index (χ0n) is 17.1. The molecule has 1 saturated heterocycles. The Bertz CT molecular complexity index is 380. The third-order valence-corrected chi connectivity index (χ3v) is 5.51. The summed E-state index contributed by atoms with van der Waals surface area (Å²) in [5.74, 6) is 0.461. The first-order valence-corrected chi connectivity index (χ1v) is 13.2. The Morgan fingerprint density at radius 1 is 1.29 bits per heavy atom. The highest BCUT2D eigenvalue weighted by molar-refractivity contribution is 6.69. The molecule has 0 amide bonds. The predicted molar refractivity (Wildman–Crippen MR) is 106 cm³/mol. The van der Waals surface area contributed by atoms with Crippen LogP contribution in [0.2, 0.25) is 19.6 Å². The minimum absolute atomic E-state index is 0.321. The van der Waals surface area contributed by atoms with Crippen LogP contribution in [0.1, 0.15) is 59.3 Å². The van der Waals surface area contributed by atoms with E-state index in [4.69, 9.17) is 14.3 Å². The molecule has 0 spiro atoms. The molecule has 24 heavy (non-hydrogen) atoms. The molecule has 0 radical (unpaired) electrons. The molecule has 0 bridgehead atoms. The lowest BCUT2D eigenvalue weighted by Crippen LogP contribution is -2.35. The number of unbranched alkanes of at least 4 members (excludes halogenated alkanes) is 1. The average molecular weight is 357 g/mol. The van der Waals surface area contributed by atoms with Gasteiger partial charge in [0.2, 0.25) is 0 Å². The summed E-state index contributed by atoms with van der Waals surface area (Å²) in [5, 5.41) is 7.33. The SMILES string of the molecule is CCCCC(C/C(=N/N1CCC[C@H]1COC)C(C)C)O[Si](C)(C)C. The molecular formula is C19H40N2O2Si. The van der Waals surface area contributed by atoms with Crippen LogP contribution in [-0.2, 0) is 9.16 Å². The largest absolute Gasteiger partial charge is 0.414 e. The van der Waals surface area contributed by atoms with Gasteiger partial charge in [-0.2, -0.15) is 5.10 Å². The first-order chi connectivity index (χ1) is 11.3. The van der Waals surface area contributed by atoms with Crippen molar-refractivity contribution in [2.24, 2.45) is 11.0 Å². The van der Waals surface area contributed by atoms with Crippen molar-refractivity contribution in [1.29, 1.82) is 0 Å². The molecule has 1 heterocycles. The standard InChI is InChI=1S/C19H40N2O2Si/c1-8-9-12-18(23-24(5,6)7)14-19(16(2)3)20-21-13-10-11-17(21)15-22-4/h16-18H,8-15H2,1-7H3/b20-19-/t17-,18?/m0/s1. The average Bonchev–Trinajstić information content (AvgIpc) is 2.90. The van der Waals surface area contributed by atoms with Crippen molar-refractivity contribution in [3.05, 3.63) is 0 Å². The van der Waals surface area contributed by atoms with Crippen molar-refractivity contribution in [2.45, 2.75) is 91.1 Å². The second-order valence-corrected chi connectivity index (χ2v) is 12.8. The smallest absolute Gasteiger partial charge is 0.184 e. The van der Waals surface area contributed by atoms with Gasteiger partial charge in [0.15, 0.2) is 8.32 Å². The summed E-state index contributed by atoms with van der Waals surface area (Å²) in [6.07, 6.45) is 7.30. The minimum atomic E-state index is -1.53. The monoisotopic (exact) mass is 356 g/mol. The molecule has 5 heteroatoms. The predicted octanol–water partition coefficient (Wildman–Crippen LogP) is 4.91. The van der Waals surface area contributed by atoms with Crippen LogP contribution in [0.15, 0.2) is 5.10 Å². The first-order valence-electron chi connectivity index (χ1n) is 9.77. The van der Waals surface area contributed by atoms with Crippen LogP contribution in [0.5, 0.6) is 0 Å². The van der Waals surface area contributed by atoms with E-state index >= 15 is 0 Å². The van der Waals surface area contributed by atoms with Gasteiger partial charge in [-0.05, 0) is 44.8 Å². The number of nitrogens with zero attached hydrogens (tertiary/aromatic N) is 2. The van der Waals surface area contributed by atoms with Crippen LogP contribution in [0, 0.1) is 5.92 Å². The third-order valence-electron chi connectivity index (χ3n) is 4.47. The Balaban J connectivity index is 2.81. The summed E-state index contributed by atoms with van der Waals surface area (Å²) in [4.78, 5) is 0. The van der Waals surface area contributed by atoms with E-state index < -0.39 is 8.32 Å². The van der Waals surface area contributed by atoms with E-state index in [1.165, 1.54) is 31.4 Å². The lowest BCUT2D eigenvalue weighted by molar-refractivity contribution is 0.117. The fourth-order valence-electron chi connectivity index (χ4n) is 3.24. The van der Waals surface area contributed by atoms with Gasteiger partial charge in [0, 0.05) is 25.8 Å². The van der Waals surface area contributed by atoms with Gasteiger partial charge in [0.25, 0.3) is 0 Å². The molecule has 1 aliphatic rings. The Labute approximate surface area is 151 Å². The van der Waals surface area contributed by atoms with Crippen LogP contribution in [0.25, 0.3) is 0 Å². The maximum absolute atomic E-state index is 6.47. The topological polar surface area (TPSA) is 34.1 Å². The van der Waals surface area contributed by atoms with Crippen molar-refractivity contribution >= 4 is 14.0 Å². The molecule has 142 valence electrons. The van der Waals surface area contributed by atoms with Crippen LogP contribution >= 0.6 is 0 Å². The van der Waals surface area contributed by atoms with Gasteiger partial charge < -0.3 is 9.16 Å². The summed E-state index contributed by atoms with van der Waals surface area (Å²) in [7, 11) is 0.253. The first kappa shape index (κ1) is 21.6. The zero-order valence-corrected chi connectivity index (χ0v) is 18.1. The number of hydrazone groups is 1. The molecule has 0 N–H and O–H groups in total. The lowest BCUT2D eigenvalue weighted by Gasteiger charge is -2.29. The van der Waals surface area contributed by atoms with Gasteiger partial charge in [-0.15, -0.1) is 0 Å². The highest BCUT2D eigenvalue weighted by Crippen LogP contribution is 2.22. The van der Waals surface area contributed by atoms with Crippen molar-refractivity contribution in [3.8, 4) is 0 Å². The highest BCUT2D eigenvalue weighted by Gasteiger charge is 2.26. The quantitative estimate of drug-likeness (QED) is 0.390. The molecule has 1 aliphatic heterocycles. The van der Waals surface area contributed by atoms with Gasteiger partial charge in [0.1, 0.15) is 0 Å². The van der Waals surface area contributed by atoms with Crippen molar-refractivity contribution in [2.75, 3.05) is 20.3 Å². The van der Waals surface area contributed by atoms with E-state index in [1.807, 2.05) is 0 Å². The Hall–Kier alpha value is -0.393. The van der Waals surface area contributed by atoms with E-state index in [2.05, 4.69) is 45.4 Å². The molecule has 1 unspecified atom stereocenters. The van der Waals surface area contributed by atoms with Crippen LogP contribution in [-0.4, -0.2) is 51.4 Å². The van der Waals surface area contributed by atoms with Crippen LogP contribution < -0.4 is 0 Å². The van der Waals surface area contributed by atoms with Gasteiger partial charge in [-0.3, -0.25) is 5.01 Å². The molecule has 0 aromatic heterocycles. The van der Waals surface area contributed by atoms with Gasteiger partial charge in [-0.25, -0.2) is 0 Å². The van der Waals surface area contributed by atoms with E-state index in [0.29, 0.717) is 18.1 Å². The lowest BCUT2D eigenvalue weighted by atomic mass is 9.99. The molecule has 4 nitrogen and oxygen atoms in total. The van der Waals surface area contributed by atoms with Crippen molar-refractivity contribution < 1.29 is 9.16 Å². The van der Waals surface area contributed by atoms with Crippen molar-refractivity contribution in [1.82, 2.24) is 5.01 Å². The van der Waals surface area contributed by atoms with Gasteiger partial charge in [-0.1, -0.05) is 33.6 Å². The third kappa shape index (κ3) is 8.12. The molecule has 0 saturated carbocycles. The number of hydrogen-bond acceptors (Lipinski definition) is 4. The maximum atomic E-state index is 6.47. The highest BCUT2D eigenvalue weighted by atomic mass is 28.4. The number of hydrogen-bond donors (Lipinski definition) is 0. The van der Waals surface area contributed by atoms with Crippen LogP contribution in [0.4, 0.5) is 0 Å². The van der Waals surface area contributed by atoms with E-state index in [9.17, 15) is 0 Å². The van der Waals surface area contributed by atoms with E-state index in [1.54, 1.807) is 7.11 Å². The number of rotatable bonds is 11. The molecule has 2 atom stereocenters. The van der Waals surface area contributed by atoms with Crippen LogP contribution in [0.3, 0.4) is 0 Å². The second kappa shape index (κ2) is 10.6. The van der Waals surface area contributed by atoms with E-state index in [-0.39, 0.29) is 0 Å². The number of ether oxygens (including phenoxy) is 1. The second-order valence-electron chi connectivity index (χ2n) is 8.36. The molecular weight excluding hydrogens is 316 g/mol. The fraction of sp³-hybridized carbons (Fsp3) is 0.947. The molecule has 1 rings (SSSR count). The Kier molecular flexibility index (Phi) is 9.53. The molecule has 0 aliphatic carbocycles. The Morgan fingerprint density at radius 2 is 2.00 bits per heavy atom. The zero-order chi connectivity index (χ0) is 18.2. The fourth-order valence-corrected chi connectivity index (χ4v) is 4.44. The summed E-state index contributed by atoms with van der Waals surface area (Å²) in [6.45, 7) is 15.5. The summed E-state index contributed by atoms with van der Waals surface area (Å²) in [6, 6.07) is 0.441. The molecule has 0 aromatic carbocycles. The maximum Gasteiger partial charge on any atom is 0.184 e. The van der Waals surface area contributed by atoms with E-state index in [0.717, 1.165) is 26.0 Å². The summed E-state index contributed by atoms with van der Waals surface area (Å²) < 4.78 is 11.8. The molecule has 0 aromatic rings.